The van der Waals surface area contributed by atoms with E-state index in [1.165, 1.54) is 37.3 Å². The number of amides is 1. The van der Waals surface area contributed by atoms with Gasteiger partial charge in [0.1, 0.15) is 4.88 Å². The summed E-state index contributed by atoms with van der Waals surface area (Å²) in [6.07, 6.45) is 6.67. The third kappa shape index (κ3) is 5.42. The van der Waals surface area contributed by atoms with Crippen LogP contribution in [0.1, 0.15) is 45.9 Å². The van der Waals surface area contributed by atoms with Gasteiger partial charge in [-0.25, -0.2) is 4.98 Å². The molecule has 1 aromatic heterocycles. The molecule has 0 radical (unpaired) electrons. The number of nitrogens with zero attached hydrogens (tertiary/aromatic N) is 3. The molecule has 2 aliphatic heterocycles. The predicted octanol–water partition coefficient (Wildman–Crippen LogP) is 3.49. The van der Waals surface area contributed by atoms with Crippen molar-refractivity contribution >= 4 is 17.2 Å². The maximum Gasteiger partial charge on any atom is 0.265 e. The lowest BCUT2D eigenvalue weighted by Crippen LogP contribution is -2.26. The minimum Gasteiger partial charge on any atom is -0.338 e. The minimum atomic E-state index is 0.0905. The van der Waals surface area contributed by atoms with Crippen LogP contribution in [0.5, 0.6) is 0 Å². The fourth-order valence-electron chi connectivity index (χ4n) is 3.03. The summed E-state index contributed by atoms with van der Waals surface area (Å²) in [5.74, 6) is 6.16. The molecule has 0 spiro atoms. The molecule has 1 aromatic carbocycles. The molecule has 0 aliphatic carbocycles. The number of rotatable bonds is 1. The average Bonchev–Trinajstić information content (AvgIpc) is 3.43. The predicted molar refractivity (Wildman–Crippen MR) is 106 cm³/mol. The molecule has 2 aliphatic rings. The first-order valence-electron chi connectivity index (χ1n) is 9.23. The van der Waals surface area contributed by atoms with Crippen LogP contribution in [0.2, 0.25) is 0 Å². The fourth-order valence-corrected chi connectivity index (χ4v) is 3.77. The highest BCUT2D eigenvalue weighted by Crippen LogP contribution is 2.18. The molecule has 2 saturated heterocycles. The van der Waals surface area contributed by atoms with Gasteiger partial charge in [-0.15, -0.1) is 11.3 Å². The van der Waals surface area contributed by atoms with E-state index < -0.39 is 0 Å². The van der Waals surface area contributed by atoms with Gasteiger partial charge < -0.3 is 9.80 Å². The second-order valence-electron chi connectivity index (χ2n) is 6.66. The van der Waals surface area contributed by atoms with Crippen molar-refractivity contribution in [1.29, 1.82) is 0 Å². The van der Waals surface area contributed by atoms with Crippen molar-refractivity contribution in [2.45, 2.75) is 25.7 Å². The summed E-state index contributed by atoms with van der Waals surface area (Å²) in [5, 5.41) is 0.691. The highest BCUT2D eigenvalue weighted by molar-refractivity contribution is 7.14. The van der Waals surface area contributed by atoms with Crippen LogP contribution < -0.4 is 0 Å². The number of hydrogen-bond acceptors (Lipinski definition) is 4. The Hall–Kier alpha value is -2.16. The van der Waals surface area contributed by atoms with Gasteiger partial charge in [-0.3, -0.25) is 4.79 Å². The van der Waals surface area contributed by atoms with E-state index in [0.29, 0.717) is 9.88 Å². The van der Waals surface area contributed by atoms with Gasteiger partial charge in [0, 0.05) is 18.7 Å². The number of benzene rings is 1. The van der Waals surface area contributed by atoms with Crippen LogP contribution in [0.25, 0.3) is 0 Å². The van der Waals surface area contributed by atoms with Crippen molar-refractivity contribution in [2.75, 3.05) is 33.2 Å². The van der Waals surface area contributed by atoms with Gasteiger partial charge in [-0.2, -0.15) is 0 Å². The van der Waals surface area contributed by atoms with Crippen molar-refractivity contribution in [2.24, 2.45) is 0 Å². The van der Waals surface area contributed by atoms with E-state index in [9.17, 15) is 4.79 Å². The standard InChI is InChI=1S/C16H14N2OS.C5H11N/c19-16(18-10-4-5-11-18)14-12-17-15(20-14)9-8-13-6-2-1-3-7-13;1-6-4-2-3-5-6/h1-3,6-7,12H,4-5,10-11H2;2-5H2,1H3. The second kappa shape index (κ2) is 9.51. The molecule has 2 fully saturated rings. The lowest BCUT2D eigenvalue weighted by molar-refractivity contribution is 0.0797. The number of aromatic nitrogens is 1. The molecule has 1 amide bonds. The number of likely N-dealkylation sites (tertiary alicyclic amines) is 2. The normalized spacial score (nSPS) is 16.6. The Morgan fingerprint density at radius 3 is 2.27 bits per heavy atom. The van der Waals surface area contributed by atoms with Gasteiger partial charge >= 0.3 is 0 Å². The fraction of sp³-hybridized carbons (Fsp3) is 0.429. The van der Waals surface area contributed by atoms with Crippen LogP contribution in [-0.4, -0.2) is 53.9 Å². The Labute approximate surface area is 159 Å². The first kappa shape index (κ1) is 18.6. The molecule has 2 aromatic rings. The lowest BCUT2D eigenvalue weighted by Gasteiger charge is -2.12. The Bertz CT molecular complexity index is 763. The van der Waals surface area contributed by atoms with Crippen molar-refractivity contribution in [3.8, 4) is 11.8 Å². The van der Waals surface area contributed by atoms with E-state index in [-0.39, 0.29) is 5.91 Å². The molecule has 0 N–H and O–H groups in total. The van der Waals surface area contributed by atoms with Crippen molar-refractivity contribution in [3.63, 3.8) is 0 Å². The van der Waals surface area contributed by atoms with E-state index >= 15 is 0 Å². The molecular formula is C21H25N3OS. The van der Waals surface area contributed by atoms with Gasteiger partial charge in [-0.05, 0) is 63.9 Å². The third-order valence-electron chi connectivity index (χ3n) is 4.53. The molecule has 4 rings (SSSR count). The summed E-state index contributed by atoms with van der Waals surface area (Å²) in [4.78, 5) is 21.3. The summed E-state index contributed by atoms with van der Waals surface area (Å²) in [6, 6.07) is 9.78. The quantitative estimate of drug-likeness (QED) is 0.724. The zero-order chi connectivity index (χ0) is 18.2. The Kier molecular flexibility index (Phi) is 6.82. The number of carbonyl (C=O) groups excluding carboxylic acids is 1. The molecule has 0 bridgehead atoms. The molecule has 136 valence electrons. The monoisotopic (exact) mass is 367 g/mol. The largest absolute Gasteiger partial charge is 0.338 e. The Balaban J connectivity index is 0.000000278. The van der Waals surface area contributed by atoms with Gasteiger partial charge in [0.2, 0.25) is 0 Å². The topological polar surface area (TPSA) is 36.4 Å². The molecule has 0 unspecified atom stereocenters. The van der Waals surface area contributed by atoms with Crippen LogP contribution in [0.4, 0.5) is 0 Å². The van der Waals surface area contributed by atoms with E-state index in [4.69, 9.17) is 0 Å². The maximum absolute atomic E-state index is 12.2. The summed E-state index contributed by atoms with van der Waals surface area (Å²) < 4.78 is 0. The number of thiazole rings is 1. The highest BCUT2D eigenvalue weighted by atomic mass is 32.1. The van der Waals surface area contributed by atoms with Crippen molar-refractivity contribution in [3.05, 3.63) is 52.0 Å². The van der Waals surface area contributed by atoms with Crippen LogP contribution in [0.3, 0.4) is 0 Å². The number of carbonyl (C=O) groups is 1. The zero-order valence-corrected chi connectivity index (χ0v) is 16.1. The van der Waals surface area contributed by atoms with Gasteiger partial charge in [-0.1, -0.05) is 24.1 Å². The minimum absolute atomic E-state index is 0.0905. The van der Waals surface area contributed by atoms with E-state index in [0.717, 1.165) is 31.5 Å². The van der Waals surface area contributed by atoms with Gasteiger partial charge in [0.05, 0.1) is 6.20 Å². The average molecular weight is 368 g/mol. The number of hydrogen-bond donors (Lipinski definition) is 0. The lowest BCUT2D eigenvalue weighted by atomic mass is 10.2. The summed E-state index contributed by atoms with van der Waals surface area (Å²) >= 11 is 1.37. The highest BCUT2D eigenvalue weighted by Gasteiger charge is 2.21. The molecule has 4 nitrogen and oxygen atoms in total. The Morgan fingerprint density at radius 2 is 1.65 bits per heavy atom. The van der Waals surface area contributed by atoms with Gasteiger partial charge in [0.15, 0.2) is 5.01 Å². The SMILES string of the molecule is CN1CCCC1.O=C(c1cnc(C#Cc2ccccc2)s1)N1CCCC1. The Morgan fingerprint density at radius 1 is 1.00 bits per heavy atom. The van der Waals surface area contributed by atoms with Gasteiger partial charge in [0.25, 0.3) is 5.91 Å². The smallest absolute Gasteiger partial charge is 0.265 e. The van der Waals surface area contributed by atoms with Crippen LogP contribution >= 0.6 is 11.3 Å². The molecule has 5 heteroatoms. The molecule has 0 atom stereocenters. The molecule has 26 heavy (non-hydrogen) atoms. The molecular weight excluding hydrogens is 342 g/mol. The zero-order valence-electron chi connectivity index (χ0n) is 15.3. The van der Waals surface area contributed by atoms with Crippen molar-refractivity contribution < 1.29 is 4.79 Å². The molecule has 0 saturated carbocycles. The van der Waals surface area contributed by atoms with E-state index in [1.807, 2.05) is 35.2 Å². The summed E-state index contributed by atoms with van der Waals surface area (Å²) in [6.45, 7) is 4.36. The second-order valence-corrected chi connectivity index (χ2v) is 7.69. The van der Waals surface area contributed by atoms with E-state index in [2.05, 4.69) is 28.8 Å². The summed E-state index contributed by atoms with van der Waals surface area (Å²) in [7, 11) is 2.17. The third-order valence-corrected chi connectivity index (χ3v) is 5.43. The molecule has 3 heterocycles. The van der Waals surface area contributed by atoms with E-state index in [1.54, 1.807) is 6.20 Å². The van der Waals surface area contributed by atoms with Crippen LogP contribution in [0, 0.1) is 11.8 Å². The first-order chi connectivity index (χ1) is 12.7. The first-order valence-corrected chi connectivity index (χ1v) is 10.0. The maximum atomic E-state index is 12.2. The summed E-state index contributed by atoms with van der Waals surface area (Å²) in [5.41, 5.74) is 0.954. The van der Waals surface area contributed by atoms with Crippen molar-refractivity contribution in [1.82, 2.24) is 14.8 Å². The van der Waals surface area contributed by atoms with Crippen LogP contribution in [-0.2, 0) is 0 Å². The van der Waals surface area contributed by atoms with Crippen LogP contribution in [0.15, 0.2) is 36.5 Å².